The Morgan fingerprint density at radius 3 is 2.42 bits per heavy atom. The molecule has 3 aromatic rings. The number of thiophene rings is 1. The standard InChI is InChI=1S/C32H43Cl2N3O4SSi/c1-18(2)43(19(3)4,20(5)6)41-27-13-24(11-21(27)16-38)37-31-25(15-35-17-36-31)29(39)28-14-26(30(34)42-28)32(7,40)22-9-8-10-23(33)12-22/h8-10,12,14-15,17-21,24,27,38,40H,11,13,16H2,1-7H3,(H,35,36,37)/t21-,24-,27+,32?/m1/s1. The molecule has 1 aromatic carbocycles. The molecule has 0 saturated heterocycles. The number of anilines is 1. The number of nitrogens with one attached hydrogen (secondary N) is 1. The van der Waals surface area contributed by atoms with E-state index in [1.54, 1.807) is 37.3 Å². The van der Waals surface area contributed by atoms with Crippen LogP contribution in [0.4, 0.5) is 5.82 Å². The summed E-state index contributed by atoms with van der Waals surface area (Å²) in [4.78, 5) is 22.7. The number of hydrogen-bond acceptors (Lipinski definition) is 8. The Hall–Kier alpha value is -1.85. The molecule has 11 heteroatoms. The van der Waals surface area contributed by atoms with Gasteiger partial charge in [-0.15, -0.1) is 11.3 Å². The summed E-state index contributed by atoms with van der Waals surface area (Å²) in [5.74, 6) is 0.127. The van der Waals surface area contributed by atoms with Crippen molar-refractivity contribution in [3.05, 3.63) is 73.8 Å². The Morgan fingerprint density at radius 2 is 1.81 bits per heavy atom. The van der Waals surface area contributed by atoms with Crippen LogP contribution in [0.2, 0.25) is 26.0 Å². The first-order valence-corrected chi connectivity index (χ1v) is 18.6. The monoisotopic (exact) mass is 663 g/mol. The van der Waals surface area contributed by atoms with E-state index in [4.69, 9.17) is 27.6 Å². The van der Waals surface area contributed by atoms with Gasteiger partial charge in [-0.25, -0.2) is 9.97 Å². The van der Waals surface area contributed by atoms with Crippen LogP contribution in [0.15, 0.2) is 42.9 Å². The predicted octanol–water partition coefficient (Wildman–Crippen LogP) is 8.08. The van der Waals surface area contributed by atoms with E-state index in [0.717, 1.165) is 11.3 Å². The second-order valence-corrected chi connectivity index (χ2v) is 20.2. The Balaban J connectivity index is 1.57. The zero-order valence-corrected chi connectivity index (χ0v) is 29.2. The molecule has 1 aliphatic carbocycles. The predicted molar refractivity (Wildman–Crippen MR) is 178 cm³/mol. The first-order chi connectivity index (χ1) is 20.2. The van der Waals surface area contributed by atoms with Crippen LogP contribution in [-0.2, 0) is 10.0 Å². The van der Waals surface area contributed by atoms with Gasteiger partial charge in [0.1, 0.15) is 17.7 Å². The number of nitrogens with zero attached hydrogens (tertiary/aromatic N) is 2. The van der Waals surface area contributed by atoms with Gasteiger partial charge in [0.2, 0.25) is 14.1 Å². The van der Waals surface area contributed by atoms with Crippen molar-refractivity contribution in [1.82, 2.24) is 9.97 Å². The van der Waals surface area contributed by atoms with Gasteiger partial charge in [-0.2, -0.15) is 0 Å². The fraction of sp³-hybridized carbons (Fsp3) is 0.531. The smallest absolute Gasteiger partial charge is 0.208 e. The number of aliphatic hydroxyl groups excluding tert-OH is 1. The highest BCUT2D eigenvalue weighted by Gasteiger charge is 2.49. The maximum atomic E-state index is 13.8. The van der Waals surface area contributed by atoms with E-state index in [0.29, 0.717) is 66.2 Å². The molecule has 1 fully saturated rings. The lowest BCUT2D eigenvalue weighted by atomic mass is 9.89. The van der Waals surface area contributed by atoms with E-state index in [1.807, 2.05) is 0 Å². The zero-order chi connectivity index (χ0) is 31.7. The Kier molecular flexibility index (Phi) is 10.8. The van der Waals surface area contributed by atoms with E-state index in [-0.39, 0.29) is 30.5 Å². The van der Waals surface area contributed by atoms with Gasteiger partial charge in [0, 0.05) is 35.3 Å². The Labute approximate surface area is 270 Å². The highest BCUT2D eigenvalue weighted by atomic mass is 35.5. The molecule has 4 rings (SSSR count). The van der Waals surface area contributed by atoms with Crippen molar-refractivity contribution in [2.45, 2.75) is 95.7 Å². The van der Waals surface area contributed by atoms with E-state index >= 15 is 0 Å². The third-order valence-electron chi connectivity index (χ3n) is 9.05. The number of halogens is 2. The number of carbonyl (C=O) groups is 1. The van der Waals surface area contributed by atoms with Crippen LogP contribution in [0, 0.1) is 5.92 Å². The molecule has 1 unspecified atom stereocenters. The van der Waals surface area contributed by atoms with Crippen LogP contribution in [0.3, 0.4) is 0 Å². The molecule has 0 bridgehead atoms. The molecule has 0 aliphatic heterocycles. The molecule has 0 radical (unpaired) electrons. The minimum Gasteiger partial charge on any atom is -0.413 e. The van der Waals surface area contributed by atoms with Crippen molar-refractivity contribution in [3.8, 4) is 0 Å². The van der Waals surface area contributed by atoms with Crippen molar-refractivity contribution in [3.63, 3.8) is 0 Å². The highest BCUT2D eigenvalue weighted by molar-refractivity contribution is 7.18. The maximum Gasteiger partial charge on any atom is 0.208 e. The molecule has 3 N–H and O–H groups in total. The van der Waals surface area contributed by atoms with Crippen molar-refractivity contribution < 1.29 is 19.4 Å². The molecule has 0 spiro atoms. The lowest BCUT2D eigenvalue weighted by Crippen LogP contribution is -2.51. The molecule has 2 heterocycles. The van der Waals surface area contributed by atoms with Crippen molar-refractivity contribution in [2.24, 2.45) is 5.92 Å². The number of ketones is 1. The van der Waals surface area contributed by atoms with Gasteiger partial charge in [0.05, 0.1) is 20.9 Å². The van der Waals surface area contributed by atoms with Crippen molar-refractivity contribution in [2.75, 3.05) is 11.9 Å². The van der Waals surface area contributed by atoms with Crippen LogP contribution < -0.4 is 5.32 Å². The van der Waals surface area contributed by atoms with Crippen molar-refractivity contribution >= 4 is 54.5 Å². The SMILES string of the molecule is CC(C)[Si](O[C@H]1C[C@H](Nc2ncncc2C(=O)c2cc(C(C)(O)c3cccc(Cl)c3)c(Cl)s2)C[C@@H]1CO)(C(C)C)C(C)C. The average molecular weight is 665 g/mol. The highest BCUT2D eigenvalue weighted by Crippen LogP contribution is 2.46. The third-order valence-corrected chi connectivity index (χ3v) is 16.8. The molecule has 1 aliphatic rings. The molecule has 2 aromatic heterocycles. The van der Waals surface area contributed by atoms with Crippen LogP contribution in [-0.4, -0.2) is 53.0 Å². The topological polar surface area (TPSA) is 105 Å². The van der Waals surface area contributed by atoms with Gasteiger partial charge in [-0.3, -0.25) is 4.79 Å². The summed E-state index contributed by atoms with van der Waals surface area (Å²) in [5.41, 5.74) is 1.16. The lowest BCUT2D eigenvalue weighted by molar-refractivity contribution is 0.0941. The summed E-state index contributed by atoms with van der Waals surface area (Å²) < 4.78 is 7.40. The molecule has 43 heavy (non-hydrogen) atoms. The number of aromatic nitrogens is 2. The van der Waals surface area contributed by atoms with Gasteiger partial charge in [-0.1, -0.05) is 76.9 Å². The summed E-state index contributed by atoms with van der Waals surface area (Å²) >= 11 is 13.9. The average Bonchev–Trinajstić information content (AvgIpc) is 3.53. The molecule has 1 saturated carbocycles. The number of aliphatic hydroxyl groups is 2. The number of carbonyl (C=O) groups excluding carboxylic acids is 1. The van der Waals surface area contributed by atoms with Gasteiger partial charge in [-0.05, 0) is 60.2 Å². The van der Waals surface area contributed by atoms with Crippen LogP contribution in [0.25, 0.3) is 0 Å². The van der Waals surface area contributed by atoms with Gasteiger partial charge >= 0.3 is 0 Å². The Bertz CT molecular complexity index is 1410. The molecule has 7 nitrogen and oxygen atoms in total. The summed E-state index contributed by atoms with van der Waals surface area (Å²) in [5, 5.41) is 25.7. The van der Waals surface area contributed by atoms with E-state index in [1.165, 1.54) is 12.5 Å². The summed E-state index contributed by atoms with van der Waals surface area (Å²) in [7, 11) is -2.15. The van der Waals surface area contributed by atoms with E-state index in [2.05, 4.69) is 56.8 Å². The third kappa shape index (κ3) is 6.88. The van der Waals surface area contributed by atoms with Crippen LogP contribution in [0.5, 0.6) is 0 Å². The maximum absolute atomic E-state index is 13.8. The molecular weight excluding hydrogens is 621 g/mol. The molecular formula is C32H43Cl2N3O4SSi. The van der Waals surface area contributed by atoms with Gasteiger partial charge < -0.3 is 20.0 Å². The summed E-state index contributed by atoms with van der Waals surface area (Å²) in [6, 6.07) is 8.53. The van der Waals surface area contributed by atoms with Gasteiger partial charge in [0.15, 0.2) is 0 Å². The van der Waals surface area contributed by atoms with Crippen LogP contribution >= 0.6 is 34.5 Å². The minimum atomic E-state index is -2.15. The minimum absolute atomic E-state index is 0.00556. The lowest BCUT2D eigenvalue weighted by Gasteiger charge is -2.45. The largest absolute Gasteiger partial charge is 0.413 e. The fourth-order valence-electron chi connectivity index (χ4n) is 6.91. The second kappa shape index (κ2) is 13.6. The first-order valence-electron chi connectivity index (χ1n) is 14.9. The number of benzene rings is 1. The first kappa shape index (κ1) is 34.0. The van der Waals surface area contributed by atoms with E-state index < -0.39 is 13.9 Å². The Morgan fingerprint density at radius 1 is 1.14 bits per heavy atom. The van der Waals surface area contributed by atoms with Crippen LogP contribution in [0.1, 0.15) is 87.7 Å². The normalized spacial score (nSPS) is 20.7. The number of rotatable bonds is 12. The van der Waals surface area contributed by atoms with E-state index in [9.17, 15) is 15.0 Å². The second-order valence-electron chi connectivity index (χ2n) is 12.7. The molecule has 0 amide bonds. The zero-order valence-electron chi connectivity index (χ0n) is 25.9. The molecule has 4 atom stereocenters. The van der Waals surface area contributed by atoms with Gasteiger partial charge in [0.25, 0.3) is 0 Å². The summed E-state index contributed by atoms with van der Waals surface area (Å²) in [6.45, 7) is 15.3. The quantitative estimate of drug-likeness (QED) is 0.133. The summed E-state index contributed by atoms with van der Waals surface area (Å²) in [6.07, 6.45) is 4.25. The number of hydrogen-bond donors (Lipinski definition) is 3. The fourth-order valence-corrected chi connectivity index (χ4v) is 14.2. The molecule has 234 valence electrons. The van der Waals surface area contributed by atoms with Crippen molar-refractivity contribution in [1.29, 1.82) is 0 Å².